The number of amides is 4. The first-order chi connectivity index (χ1) is 17.0. The van der Waals surface area contributed by atoms with Crippen LogP contribution >= 0.6 is 11.6 Å². The molecular formula is C26H31ClN4O4. The number of piperidine rings is 1. The van der Waals surface area contributed by atoms with E-state index in [0.717, 1.165) is 6.42 Å². The maximum atomic E-state index is 13.2. The molecule has 2 saturated heterocycles. The van der Waals surface area contributed by atoms with E-state index in [1.165, 1.54) is 0 Å². The van der Waals surface area contributed by atoms with Crippen molar-refractivity contribution in [1.82, 2.24) is 14.7 Å². The fourth-order valence-electron chi connectivity index (χ4n) is 4.46. The van der Waals surface area contributed by atoms with Gasteiger partial charge in [-0.15, -0.1) is 0 Å². The first-order valence-corrected chi connectivity index (χ1v) is 12.4. The van der Waals surface area contributed by atoms with Crippen LogP contribution in [-0.2, 0) is 9.59 Å². The molecule has 2 aliphatic rings. The zero-order valence-corrected chi connectivity index (χ0v) is 20.5. The number of rotatable bonds is 5. The topological polar surface area (TPSA) is 82.2 Å². The summed E-state index contributed by atoms with van der Waals surface area (Å²) in [5.41, 5.74) is 0.687. The van der Waals surface area contributed by atoms with Crippen molar-refractivity contribution in [3.8, 4) is 5.75 Å². The van der Waals surface area contributed by atoms with Crippen LogP contribution in [0.3, 0.4) is 0 Å². The van der Waals surface area contributed by atoms with Crippen molar-refractivity contribution < 1.29 is 19.1 Å². The zero-order valence-electron chi connectivity index (χ0n) is 19.7. The number of para-hydroxylation sites is 1. The van der Waals surface area contributed by atoms with E-state index in [-0.39, 0.29) is 30.4 Å². The molecule has 9 heteroatoms. The van der Waals surface area contributed by atoms with E-state index in [9.17, 15) is 14.4 Å². The third-order valence-corrected chi connectivity index (χ3v) is 6.74. The largest absolute Gasteiger partial charge is 0.484 e. The molecule has 2 aromatic carbocycles. The Morgan fingerprint density at radius 3 is 2.20 bits per heavy atom. The van der Waals surface area contributed by atoms with E-state index >= 15 is 0 Å². The molecule has 4 amide bonds. The van der Waals surface area contributed by atoms with Gasteiger partial charge in [0.15, 0.2) is 6.61 Å². The zero-order chi connectivity index (χ0) is 24.6. The molecule has 0 aliphatic carbocycles. The Bertz CT molecular complexity index is 1010. The Labute approximate surface area is 210 Å². The highest BCUT2D eigenvalue weighted by atomic mass is 35.5. The van der Waals surface area contributed by atoms with Crippen molar-refractivity contribution in [3.05, 3.63) is 59.6 Å². The van der Waals surface area contributed by atoms with Crippen molar-refractivity contribution in [2.24, 2.45) is 5.92 Å². The summed E-state index contributed by atoms with van der Waals surface area (Å²) in [6.45, 7) is 3.33. The first-order valence-electron chi connectivity index (χ1n) is 12.1. The van der Waals surface area contributed by atoms with Crippen molar-refractivity contribution >= 4 is 35.1 Å². The van der Waals surface area contributed by atoms with Crippen LogP contribution in [0.4, 0.5) is 10.5 Å². The van der Waals surface area contributed by atoms with Gasteiger partial charge >= 0.3 is 6.03 Å². The number of nitrogens with one attached hydrogen (secondary N) is 1. The number of anilines is 1. The number of urea groups is 1. The number of carbonyl (C=O) groups is 3. The van der Waals surface area contributed by atoms with E-state index < -0.39 is 0 Å². The van der Waals surface area contributed by atoms with Gasteiger partial charge in [-0.25, -0.2) is 4.79 Å². The second-order valence-electron chi connectivity index (χ2n) is 8.86. The summed E-state index contributed by atoms with van der Waals surface area (Å²) >= 11 is 5.90. The first kappa shape index (κ1) is 24.9. The lowest BCUT2D eigenvalue weighted by Gasteiger charge is -2.34. The normalized spacial score (nSPS) is 17.0. The minimum Gasteiger partial charge on any atom is -0.484 e. The summed E-state index contributed by atoms with van der Waals surface area (Å²) in [6, 6.07) is 16.1. The minimum atomic E-state index is -0.175. The number of halogens is 1. The third-order valence-electron chi connectivity index (χ3n) is 6.49. The predicted octanol–water partition coefficient (Wildman–Crippen LogP) is 3.72. The van der Waals surface area contributed by atoms with Gasteiger partial charge < -0.3 is 24.8 Å². The summed E-state index contributed by atoms with van der Waals surface area (Å²) in [6.07, 6.45) is 2.02. The highest BCUT2D eigenvalue weighted by molar-refractivity contribution is 6.30. The Morgan fingerprint density at radius 2 is 1.49 bits per heavy atom. The van der Waals surface area contributed by atoms with E-state index in [0.29, 0.717) is 68.6 Å². The van der Waals surface area contributed by atoms with E-state index in [1.807, 2.05) is 35.2 Å². The molecule has 0 radical (unpaired) electrons. The van der Waals surface area contributed by atoms with Gasteiger partial charge in [-0.1, -0.05) is 29.8 Å². The van der Waals surface area contributed by atoms with Crippen molar-refractivity contribution in [1.29, 1.82) is 0 Å². The van der Waals surface area contributed by atoms with E-state index in [1.54, 1.807) is 34.1 Å². The van der Waals surface area contributed by atoms with Gasteiger partial charge in [0, 0.05) is 55.9 Å². The smallest absolute Gasteiger partial charge is 0.321 e. The van der Waals surface area contributed by atoms with Gasteiger partial charge in [-0.3, -0.25) is 9.59 Å². The van der Waals surface area contributed by atoms with Crippen LogP contribution in [0, 0.1) is 5.92 Å². The fourth-order valence-corrected chi connectivity index (χ4v) is 4.59. The Hall–Kier alpha value is -3.26. The predicted molar refractivity (Wildman–Crippen MR) is 134 cm³/mol. The molecule has 0 aromatic heterocycles. The van der Waals surface area contributed by atoms with Gasteiger partial charge in [-0.2, -0.15) is 0 Å². The van der Waals surface area contributed by atoms with Crippen molar-refractivity contribution in [3.63, 3.8) is 0 Å². The number of nitrogens with zero attached hydrogens (tertiary/aromatic N) is 3. The van der Waals surface area contributed by atoms with Gasteiger partial charge in [0.2, 0.25) is 5.91 Å². The minimum absolute atomic E-state index is 0.00265. The molecule has 2 aromatic rings. The fraction of sp³-hybridized carbons (Fsp3) is 0.423. The van der Waals surface area contributed by atoms with Crippen molar-refractivity contribution in [2.45, 2.75) is 19.3 Å². The number of hydrogen-bond donors (Lipinski definition) is 1. The van der Waals surface area contributed by atoms with Gasteiger partial charge in [0.1, 0.15) is 5.75 Å². The Morgan fingerprint density at radius 1 is 0.829 bits per heavy atom. The molecule has 2 aliphatic heterocycles. The van der Waals surface area contributed by atoms with Crippen LogP contribution in [0.15, 0.2) is 54.6 Å². The number of likely N-dealkylation sites (tertiary alicyclic amines) is 1. The molecule has 0 bridgehead atoms. The molecule has 0 saturated carbocycles. The second kappa shape index (κ2) is 11.9. The molecule has 1 N–H and O–H groups in total. The van der Waals surface area contributed by atoms with Crippen LogP contribution in [0.5, 0.6) is 5.75 Å². The summed E-state index contributed by atoms with van der Waals surface area (Å²) < 4.78 is 5.57. The number of benzene rings is 2. The lowest BCUT2D eigenvalue weighted by Crippen LogP contribution is -2.46. The summed E-state index contributed by atoms with van der Waals surface area (Å²) in [5, 5.41) is 3.50. The molecular weight excluding hydrogens is 468 g/mol. The average Bonchev–Trinajstić information content (AvgIpc) is 3.15. The van der Waals surface area contributed by atoms with Gasteiger partial charge in [0.05, 0.1) is 0 Å². The number of carbonyl (C=O) groups excluding carboxylic acids is 3. The number of ether oxygens (including phenoxy) is 1. The maximum Gasteiger partial charge on any atom is 0.321 e. The highest BCUT2D eigenvalue weighted by Gasteiger charge is 2.31. The van der Waals surface area contributed by atoms with Crippen LogP contribution in [0.1, 0.15) is 19.3 Å². The maximum absolute atomic E-state index is 13.2. The summed E-state index contributed by atoms with van der Waals surface area (Å²) in [4.78, 5) is 43.7. The number of hydrogen-bond acceptors (Lipinski definition) is 4. The molecule has 0 atom stereocenters. The van der Waals surface area contributed by atoms with Gasteiger partial charge in [-0.05, 0) is 55.7 Å². The highest BCUT2D eigenvalue weighted by Crippen LogP contribution is 2.21. The lowest BCUT2D eigenvalue weighted by atomic mass is 9.95. The second-order valence-corrected chi connectivity index (χ2v) is 9.30. The molecule has 186 valence electrons. The Kier molecular flexibility index (Phi) is 8.47. The molecule has 4 rings (SSSR count). The lowest BCUT2D eigenvalue weighted by molar-refractivity contribution is -0.141. The Balaban J connectivity index is 1.21. The van der Waals surface area contributed by atoms with E-state index in [2.05, 4.69) is 5.32 Å². The summed E-state index contributed by atoms with van der Waals surface area (Å²) in [7, 11) is 0. The van der Waals surface area contributed by atoms with Crippen LogP contribution < -0.4 is 10.1 Å². The monoisotopic (exact) mass is 498 g/mol. The molecule has 35 heavy (non-hydrogen) atoms. The van der Waals surface area contributed by atoms with E-state index in [4.69, 9.17) is 16.3 Å². The van der Waals surface area contributed by atoms with Crippen LogP contribution in [0.2, 0.25) is 5.02 Å². The average molecular weight is 499 g/mol. The van der Waals surface area contributed by atoms with Gasteiger partial charge in [0.25, 0.3) is 5.91 Å². The third kappa shape index (κ3) is 6.88. The molecule has 8 nitrogen and oxygen atoms in total. The SMILES string of the molecule is O=C(COc1ccccc1)N1CCC(C(=O)N2CCCN(C(=O)Nc3ccc(Cl)cc3)CC2)CC1. The molecule has 2 fully saturated rings. The van der Waals surface area contributed by atoms with Crippen LogP contribution in [-0.4, -0.2) is 78.4 Å². The molecule has 0 spiro atoms. The van der Waals surface area contributed by atoms with Crippen LogP contribution in [0.25, 0.3) is 0 Å². The summed E-state index contributed by atoms with van der Waals surface area (Å²) in [5.74, 6) is 0.640. The quantitative estimate of drug-likeness (QED) is 0.681. The standard InChI is InChI=1S/C26H31ClN4O4/c27-21-7-9-22(10-8-21)28-26(34)31-14-4-13-30(17-18-31)25(33)20-11-15-29(16-12-20)24(32)19-35-23-5-2-1-3-6-23/h1-3,5-10,20H,4,11-19H2,(H,28,34). The van der Waals surface area contributed by atoms with Crippen molar-refractivity contribution in [2.75, 3.05) is 51.2 Å². The molecule has 2 heterocycles. The molecule has 0 unspecified atom stereocenters.